The summed E-state index contributed by atoms with van der Waals surface area (Å²) >= 11 is 0. The summed E-state index contributed by atoms with van der Waals surface area (Å²) in [6.45, 7) is 1.61. The summed E-state index contributed by atoms with van der Waals surface area (Å²) in [5, 5.41) is 5.53. The van der Waals surface area contributed by atoms with E-state index in [2.05, 4.69) is 10.6 Å². The zero-order valence-electron chi connectivity index (χ0n) is 9.23. The van der Waals surface area contributed by atoms with Gasteiger partial charge in [0.15, 0.2) is 0 Å². The van der Waals surface area contributed by atoms with Crippen LogP contribution in [0.3, 0.4) is 0 Å². The molecule has 1 amide bonds. The van der Waals surface area contributed by atoms with Crippen molar-refractivity contribution in [1.82, 2.24) is 14.9 Å². The fourth-order valence-electron chi connectivity index (χ4n) is 1.41. The second-order valence-corrected chi connectivity index (χ2v) is 5.55. The second-order valence-electron chi connectivity index (χ2n) is 3.46. The van der Waals surface area contributed by atoms with Crippen molar-refractivity contribution in [2.24, 2.45) is 0 Å². The largest absolute Gasteiger partial charge is 0.354 e. The number of hydrogen-bond acceptors (Lipinski definition) is 4. The van der Waals surface area contributed by atoms with E-state index in [-0.39, 0.29) is 30.6 Å². The molecule has 1 fully saturated rings. The molecule has 0 aromatic rings. The van der Waals surface area contributed by atoms with Gasteiger partial charge in [-0.05, 0) is 13.5 Å². The normalized spacial score (nSPS) is 19.1. The molecule has 1 saturated heterocycles. The van der Waals surface area contributed by atoms with E-state index in [4.69, 9.17) is 0 Å². The lowest BCUT2D eigenvalue weighted by molar-refractivity contribution is -0.121. The Balaban J connectivity index is 0.00000225. The fraction of sp³-hybridized carbons (Fsp3) is 0.875. The van der Waals surface area contributed by atoms with Crippen LogP contribution in [0.5, 0.6) is 0 Å². The molecule has 0 spiro atoms. The van der Waals surface area contributed by atoms with Gasteiger partial charge in [-0.2, -0.15) is 4.31 Å². The molecule has 0 aromatic heterocycles. The van der Waals surface area contributed by atoms with Crippen molar-refractivity contribution >= 4 is 28.3 Å². The SMILES string of the molecule is CNCCNC(=O)CN1CCCS1(=O)=O.Cl. The van der Waals surface area contributed by atoms with Crippen LogP contribution in [0.4, 0.5) is 0 Å². The minimum absolute atomic E-state index is 0. The molecular weight excluding hydrogens is 254 g/mol. The first kappa shape index (κ1) is 15.6. The Bertz CT molecular complexity index is 320. The first-order valence-corrected chi connectivity index (χ1v) is 6.56. The van der Waals surface area contributed by atoms with E-state index in [0.717, 1.165) is 0 Å². The lowest BCUT2D eigenvalue weighted by Crippen LogP contribution is -2.40. The van der Waals surface area contributed by atoms with Crippen LogP contribution in [-0.4, -0.2) is 57.6 Å². The van der Waals surface area contributed by atoms with Crippen molar-refractivity contribution in [3.05, 3.63) is 0 Å². The van der Waals surface area contributed by atoms with E-state index in [9.17, 15) is 13.2 Å². The molecule has 1 aliphatic heterocycles. The lowest BCUT2D eigenvalue weighted by atomic mass is 10.4. The van der Waals surface area contributed by atoms with Crippen LogP contribution >= 0.6 is 12.4 Å². The highest BCUT2D eigenvalue weighted by Gasteiger charge is 2.29. The highest BCUT2D eigenvalue weighted by Crippen LogP contribution is 2.11. The van der Waals surface area contributed by atoms with Crippen LogP contribution in [0.2, 0.25) is 0 Å². The number of likely N-dealkylation sites (N-methyl/N-ethyl adjacent to an activating group) is 1. The summed E-state index contributed by atoms with van der Waals surface area (Å²) in [7, 11) is -1.37. The predicted octanol–water partition coefficient (Wildman–Crippen LogP) is -1.22. The smallest absolute Gasteiger partial charge is 0.235 e. The van der Waals surface area contributed by atoms with Crippen LogP contribution in [0.1, 0.15) is 6.42 Å². The summed E-state index contributed by atoms with van der Waals surface area (Å²) in [6.07, 6.45) is 0.617. The molecule has 0 atom stereocenters. The minimum Gasteiger partial charge on any atom is -0.354 e. The third kappa shape index (κ3) is 4.65. The van der Waals surface area contributed by atoms with Gasteiger partial charge < -0.3 is 10.6 Å². The van der Waals surface area contributed by atoms with Gasteiger partial charge in [-0.15, -0.1) is 12.4 Å². The van der Waals surface area contributed by atoms with E-state index in [1.54, 1.807) is 7.05 Å². The number of nitrogens with one attached hydrogen (secondary N) is 2. The predicted molar refractivity (Wildman–Crippen MR) is 64.2 cm³/mol. The molecule has 8 heteroatoms. The molecule has 16 heavy (non-hydrogen) atoms. The molecule has 1 aliphatic rings. The number of halogens is 1. The molecule has 0 saturated carbocycles. The molecule has 0 aromatic carbocycles. The Hall–Kier alpha value is -0.370. The molecule has 0 radical (unpaired) electrons. The molecule has 0 bridgehead atoms. The van der Waals surface area contributed by atoms with E-state index in [1.165, 1.54) is 4.31 Å². The third-order valence-electron chi connectivity index (χ3n) is 2.22. The summed E-state index contributed by atoms with van der Waals surface area (Å²) in [5.74, 6) is -0.0766. The average Bonchev–Trinajstić information content (AvgIpc) is 2.46. The number of carbonyl (C=O) groups excluding carboxylic acids is 1. The van der Waals surface area contributed by atoms with E-state index < -0.39 is 10.0 Å². The van der Waals surface area contributed by atoms with Gasteiger partial charge in [-0.3, -0.25) is 4.79 Å². The quantitative estimate of drug-likeness (QED) is 0.615. The van der Waals surface area contributed by atoms with Crippen LogP contribution in [-0.2, 0) is 14.8 Å². The molecular formula is C8H18ClN3O3S. The van der Waals surface area contributed by atoms with Gasteiger partial charge in [-0.1, -0.05) is 0 Å². The van der Waals surface area contributed by atoms with Crippen molar-refractivity contribution < 1.29 is 13.2 Å². The van der Waals surface area contributed by atoms with Crippen LogP contribution < -0.4 is 10.6 Å². The summed E-state index contributed by atoms with van der Waals surface area (Å²) in [5.41, 5.74) is 0. The van der Waals surface area contributed by atoms with Gasteiger partial charge in [-0.25, -0.2) is 8.42 Å². The number of carbonyl (C=O) groups is 1. The van der Waals surface area contributed by atoms with E-state index in [0.29, 0.717) is 26.1 Å². The van der Waals surface area contributed by atoms with Crippen molar-refractivity contribution in [1.29, 1.82) is 0 Å². The molecule has 1 rings (SSSR count). The molecule has 0 unspecified atom stereocenters. The van der Waals surface area contributed by atoms with Crippen molar-refractivity contribution in [3.8, 4) is 0 Å². The number of hydrogen-bond donors (Lipinski definition) is 2. The maximum Gasteiger partial charge on any atom is 0.235 e. The average molecular weight is 272 g/mol. The first-order chi connectivity index (χ1) is 7.06. The Kier molecular flexibility index (Phi) is 6.89. The maximum atomic E-state index is 11.4. The van der Waals surface area contributed by atoms with Gasteiger partial charge in [0.1, 0.15) is 0 Å². The van der Waals surface area contributed by atoms with Gasteiger partial charge in [0.05, 0.1) is 12.3 Å². The van der Waals surface area contributed by atoms with Crippen LogP contribution in [0, 0.1) is 0 Å². The minimum atomic E-state index is -3.16. The molecule has 6 nitrogen and oxygen atoms in total. The summed E-state index contributed by atoms with van der Waals surface area (Å²) in [6, 6.07) is 0. The van der Waals surface area contributed by atoms with E-state index in [1.807, 2.05) is 0 Å². The van der Waals surface area contributed by atoms with Gasteiger partial charge in [0.2, 0.25) is 15.9 Å². The highest BCUT2D eigenvalue weighted by molar-refractivity contribution is 7.89. The zero-order chi connectivity index (χ0) is 11.3. The Morgan fingerprint density at radius 2 is 2.06 bits per heavy atom. The Labute approximate surface area is 102 Å². The van der Waals surface area contributed by atoms with Crippen LogP contribution in [0.25, 0.3) is 0 Å². The fourth-order valence-corrected chi connectivity index (χ4v) is 2.89. The van der Waals surface area contributed by atoms with Crippen molar-refractivity contribution in [2.75, 3.05) is 39.0 Å². The van der Waals surface area contributed by atoms with Gasteiger partial charge in [0.25, 0.3) is 0 Å². The lowest BCUT2D eigenvalue weighted by Gasteiger charge is -2.13. The van der Waals surface area contributed by atoms with Crippen molar-refractivity contribution in [2.45, 2.75) is 6.42 Å². The van der Waals surface area contributed by atoms with Gasteiger partial charge >= 0.3 is 0 Å². The molecule has 96 valence electrons. The number of nitrogens with zero attached hydrogens (tertiary/aromatic N) is 1. The number of amides is 1. The summed E-state index contributed by atoms with van der Waals surface area (Å²) in [4.78, 5) is 11.3. The maximum absolute atomic E-state index is 11.4. The highest BCUT2D eigenvalue weighted by atomic mass is 35.5. The third-order valence-corrected chi connectivity index (χ3v) is 4.12. The standard InChI is InChI=1S/C8H17N3O3S.ClH/c1-9-3-4-10-8(12)7-11-5-2-6-15(11,13)14;/h9H,2-7H2,1H3,(H,10,12);1H. The monoisotopic (exact) mass is 271 g/mol. The molecule has 2 N–H and O–H groups in total. The molecule has 1 heterocycles. The van der Waals surface area contributed by atoms with Crippen LogP contribution in [0.15, 0.2) is 0 Å². The Morgan fingerprint density at radius 1 is 1.38 bits per heavy atom. The second kappa shape index (κ2) is 7.05. The van der Waals surface area contributed by atoms with E-state index >= 15 is 0 Å². The zero-order valence-corrected chi connectivity index (χ0v) is 10.9. The number of sulfonamides is 1. The Morgan fingerprint density at radius 3 is 2.56 bits per heavy atom. The molecule has 0 aliphatic carbocycles. The summed E-state index contributed by atoms with van der Waals surface area (Å²) < 4.78 is 24.0. The number of rotatable bonds is 5. The topological polar surface area (TPSA) is 78.5 Å². The van der Waals surface area contributed by atoms with Gasteiger partial charge in [0, 0.05) is 19.6 Å². The first-order valence-electron chi connectivity index (χ1n) is 4.95. The van der Waals surface area contributed by atoms with Crippen molar-refractivity contribution in [3.63, 3.8) is 0 Å².